The Morgan fingerprint density at radius 3 is 2.52 bits per heavy atom. The minimum Gasteiger partial charge on any atom is -0.364 e. The second-order valence-electron chi connectivity index (χ2n) is 6.58. The molecule has 0 aromatic carbocycles. The Bertz CT molecular complexity index is 502. The molecule has 1 aromatic heterocycles. The smallest absolute Gasteiger partial charge is 0.333 e. The van der Waals surface area contributed by atoms with Crippen LogP contribution in [0.25, 0.3) is 0 Å². The van der Waals surface area contributed by atoms with Crippen molar-refractivity contribution < 1.29 is 4.92 Å². The molecule has 1 saturated carbocycles. The summed E-state index contributed by atoms with van der Waals surface area (Å²) in [5.74, 6) is 1.99. The number of aromatic nitrogens is 2. The van der Waals surface area contributed by atoms with E-state index in [9.17, 15) is 10.1 Å². The average Bonchev–Trinajstić information content (AvgIpc) is 2.75. The second-order valence-corrected chi connectivity index (χ2v) is 6.58. The van der Waals surface area contributed by atoms with Gasteiger partial charge in [0.2, 0.25) is 5.82 Å². The largest absolute Gasteiger partial charge is 0.364 e. The monoisotopic (exact) mass is 294 g/mol. The number of nitro groups is 1. The van der Waals surface area contributed by atoms with Crippen LogP contribution in [0, 0.1) is 28.9 Å². The lowest BCUT2D eigenvalue weighted by atomic mass is 9.83. The first-order chi connectivity index (χ1) is 9.90. The van der Waals surface area contributed by atoms with Gasteiger partial charge in [0.25, 0.3) is 0 Å². The van der Waals surface area contributed by atoms with Crippen molar-refractivity contribution in [3.63, 3.8) is 0 Å². The number of nitrogens with zero attached hydrogens (tertiary/aromatic N) is 3. The van der Waals surface area contributed by atoms with E-state index < -0.39 is 0 Å². The van der Waals surface area contributed by atoms with Gasteiger partial charge in [-0.3, -0.25) is 10.1 Å². The lowest BCUT2D eigenvalue weighted by molar-refractivity contribution is -0.384. The van der Waals surface area contributed by atoms with Crippen LogP contribution in [-0.4, -0.2) is 21.2 Å². The molecule has 0 unspecified atom stereocenters. The first-order valence-corrected chi connectivity index (χ1v) is 7.87. The Kier molecular flexibility index (Phi) is 4.85. The van der Waals surface area contributed by atoms with Crippen LogP contribution >= 0.6 is 0 Å². The van der Waals surface area contributed by atoms with Gasteiger partial charge < -0.3 is 5.32 Å². The minimum absolute atomic E-state index is 0.103. The highest BCUT2D eigenvalue weighted by molar-refractivity contribution is 5.59. The van der Waals surface area contributed by atoms with E-state index >= 15 is 0 Å². The fourth-order valence-corrected chi connectivity index (χ4v) is 3.07. The zero-order valence-corrected chi connectivity index (χ0v) is 13.4. The maximum atomic E-state index is 11.3. The Balaban J connectivity index is 2.12. The summed E-state index contributed by atoms with van der Waals surface area (Å²) in [6.07, 6.45) is 4.93. The highest BCUT2D eigenvalue weighted by atomic mass is 16.6. The van der Waals surface area contributed by atoms with Crippen molar-refractivity contribution >= 4 is 11.5 Å². The SMILES string of the molecule is Cc1nn(C(C)C)c(NCC2CCC(C)CC2)c1[N+](=O)[O-]. The third kappa shape index (κ3) is 3.54. The van der Waals surface area contributed by atoms with Crippen LogP contribution in [0.15, 0.2) is 0 Å². The molecule has 0 saturated heterocycles. The number of rotatable bonds is 5. The summed E-state index contributed by atoms with van der Waals surface area (Å²) < 4.78 is 1.74. The topological polar surface area (TPSA) is 73.0 Å². The molecule has 6 nitrogen and oxygen atoms in total. The van der Waals surface area contributed by atoms with E-state index in [0.717, 1.165) is 12.5 Å². The number of nitrogens with one attached hydrogen (secondary N) is 1. The zero-order valence-electron chi connectivity index (χ0n) is 13.4. The lowest BCUT2D eigenvalue weighted by Gasteiger charge is -2.26. The minimum atomic E-state index is -0.327. The summed E-state index contributed by atoms with van der Waals surface area (Å²) >= 11 is 0. The molecular formula is C15H26N4O2. The van der Waals surface area contributed by atoms with Crippen molar-refractivity contribution in [2.75, 3.05) is 11.9 Å². The lowest BCUT2D eigenvalue weighted by Crippen LogP contribution is -2.22. The standard InChI is InChI=1S/C15H26N4O2/c1-10(2)18-15(14(19(20)21)12(4)17-18)16-9-13-7-5-11(3)6-8-13/h10-11,13,16H,5-9H2,1-4H3. The molecule has 0 aliphatic heterocycles. The maximum absolute atomic E-state index is 11.3. The second kappa shape index (κ2) is 6.45. The summed E-state index contributed by atoms with van der Waals surface area (Å²) in [4.78, 5) is 11.0. The van der Waals surface area contributed by atoms with Gasteiger partial charge in [0.05, 0.1) is 4.92 Å². The number of anilines is 1. The molecule has 2 rings (SSSR count). The quantitative estimate of drug-likeness (QED) is 0.660. The number of hydrogen-bond acceptors (Lipinski definition) is 4. The highest BCUT2D eigenvalue weighted by Gasteiger charge is 2.27. The first-order valence-electron chi connectivity index (χ1n) is 7.87. The summed E-state index contributed by atoms with van der Waals surface area (Å²) in [5, 5.41) is 18.9. The van der Waals surface area contributed by atoms with Crippen LogP contribution in [0.5, 0.6) is 0 Å². The Hall–Kier alpha value is -1.59. The molecule has 0 spiro atoms. The van der Waals surface area contributed by atoms with E-state index in [1.165, 1.54) is 25.7 Å². The molecule has 1 aromatic rings. The molecule has 0 bridgehead atoms. The van der Waals surface area contributed by atoms with Crippen molar-refractivity contribution in [2.45, 2.75) is 59.4 Å². The highest BCUT2D eigenvalue weighted by Crippen LogP contribution is 2.33. The van der Waals surface area contributed by atoms with E-state index in [0.29, 0.717) is 17.4 Å². The summed E-state index contributed by atoms with van der Waals surface area (Å²) in [5.41, 5.74) is 0.598. The van der Waals surface area contributed by atoms with Crippen molar-refractivity contribution in [1.82, 2.24) is 9.78 Å². The average molecular weight is 294 g/mol. The molecule has 21 heavy (non-hydrogen) atoms. The molecule has 0 radical (unpaired) electrons. The number of hydrogen-bond donors (Lipinski definition) is 1. The van der Waals surface area contributed by atoms with Crippen LogP contribution < -0.4 is 5.32 Å². The number of aryl methyl sites for hydroxylation is 1. The Labute approximate surface area is 126 Å². The van der Waals surface area contributed by atoms with Gasteiger partial charge in [-0.05, 0) is 45.4 Å². The van der Waals surface area contributed by atoms with E-state index in [-0.39, 0.29) is 16.7 Å². The van der Waals surface area contributed by atoms with Crippen LogP contribution in [0.3, 0.4) is 0 Å². The zero-order chi connectivity index (χ0) is 15.6. The van der Waals surface area contributed by atoms with E-state index in [1.807, 2.05) is 13.8 Å². The van der Waals surface area contributed by atoms with Crippen molar-refractivity contribution in [2.24, 2.45) is 11.8 Å². The Morgan fingerprint density at radius 1 is 1.38 bits per heavy atom. The van der Waals surface area contributed by atoms with E-state index in [4.69, 9.17) is 0 Å². The molecule has 118 valence electrons. The van der Waals surface area contributed by atoms with Gasteiger partial charge in [0.15, 0.2) is 0 Å². The van der Waals surface area contributed by atoms with Gasteiger partial charge in [0, 0.05) is 12.6 Å². The fourth-order valence-electron chi connectivity index (χ4n) is 3.07. The van der Waals surface area contributed by atoms with Crippen molar-refractivity contribution in [1.29, 1.82) is 0 Å². The third-order valence-electron chi connectivity index (χ3n) is 4.42. The molecule has 1 aliphatic rings. The normalized spacial score (nSPS) is 22.5. The van der Waals surface area contributed by atoms with Crippen LogP contribution in [0.4, 0.5) is 11.5 Å². The van der Waals surface area contributed by atoms with E-state index in [2.05, 4.69) is 17.3 Å². The molecule has 0 amide bonds. The molecule has 1 aliphatic carbocycles. The third-order valence-corrected chi connectivity index (χ3v) is 4.42. The maximum Gasteiger partial charge on any atom is 0.333 e. The van der Waals surface area contributed by atoms with Gasteiger partial charge in [-0.2, -0.15) is 5.10 Å². The van der Waals surface area contributed by atoms with Gasteiger partial charge >= 0.3 is 5.69 Å². The predicted molar refractivity (Wildman–Crippen MR) is 83.6 cm³/mol. The first kappa shape index (κ1) is 15.8. The summed E-state index contributed by atoms with van der Waals surface area (Å²) in [7, 11) is 0. The van der Waals surface area contributed by atoms with Crippen molar-refractivity contribution in [3.05, 3.63) is 15.8 Å². The van der Waals surface area contributed by atoms with Crippen molar-refractivity contribution in [3.8, 4) is 0 Å². The summed E-state index contributed by atoms with van der Waals surface area (Å²) in [6.45, 7) is 8.77. The molecule has 0 atom stereocenters. The van der Waals surface area contributed by atoms with E-state index in [1.54, 1.807) is 11.6 Å². The molecule has 6 heteroatoms. The summed E-state index contributed by atoms with van der Waals surface area (Å²) in [6, 6.07) is 0.103. The van der Waals surface area contributed by atoms with Crippen LogP contribution in [-0.2, 0) is 0 Å². The van der Waals surface area contributed by atoms with Crippen LogP contribution in [0.2, 0.25) is 0 Å². The van der Waals surface area contributed by atoms with Gasteiger partial charge in [0.1, 0.15) is 5.69 Å². The fraction of sp³-hybridized carbons (Fsp3) is 0.800. The Morgan fingerprint density at radius 2 is 2.00 bits per heavy atom. The molecule has 1 heterocycles. The van der Waals surface area contributed by atoms with Crippen LogP contribution in [0.1, 0.15) is 58.2 Å². The molecular weight excluding hydrogens is 268 g/mol. The van der Waals surface area contributed by atoms with Gasteiger partial charge in [-0.1, -0.05) is 19.8 Å². The van der Waals surface area contributed by atoms with Gasteiger partial charge in [-0.25, -0.2) is 4.68 Å². The molecule has 1 fully saturated rings. The molecule has 1 N–H and O–H groups in total. The van der Waals surface area contributed by atoms with Gasteiger partial charge in [-0.15, -0.1) is 0 Å². The predicted octanol–water partition coefficient (Wildman–Crippen LogP) is 3.92.